The zero-order valence-corrected chi connectivity index (χ0v) is 14.5. The SMILES string of the molecule is O=C(Cn1nc2nc(Nc3ccc(F)cc3)ccn2c1=O)Nc1nccs1. The lowest BCUT2D eigenvalue weighted by Gasteiger charge is -2.04. The lowest BCUT2D eigenvalue weighted by molar-refractivity contribution is -0.117. The lowest BCUT2D eigenvalue weighted by atomic mass is 10.3. The Balaban J connectivity index is 1.55. The van der Waals surface area contributed by atoms with Gasteiger partial charge in [-0.3, -0.25) is 4.79 Å². The van der Waals surface area contributed by atoms with Crippen LogP contribution in [0.4, 0.5) is 21.0 Å². The van der Waals surface area contributed by atoms with Gasteiger partial charge in [0.2, 0.25) is 5.91 Å². The van der Waals surface area contributed by atoms with E-state index in [4.69, 9.17) is 0 Å². The molecule has 0 bridgehead atoms. The second-order valence-electron chi connectivity index (χ2n) is 5.44. The van der Waals surface area contributed by atoms with Crippen LogP contribution in [0, 0.1) is 5.82 Å². The molecule has 0 aliphatic carbocycles. The average molecular weight is 385 g/mol. The minimum Gasteiger partial charge on any atom is -0.340 e. The number of carbonyl (C=O) groups is 1. The van der Waals surface area contributed by atoms with Gasteiger partial charge in [-0.2, -0.15) is 4.98 Å². The van der Waals surface area contributed by atoms with E-state index in [2.05, 4.69) is 25.7 Å². The number of aromatic nitrogens is 5. The second kappa shape index (κ2) is 6.96. The standard InChI is InChI=1S/C16H12FN7O2S/c17-10-1-3-11(4-2-10)19-12-5-7-23-14(20-12)22-24(16(23)26)9-13(25)21-15-18-6-8-27-15/h1-8H,9H2,(H,18,21,25)(H,19,20,22). The van der Waals surface area contributed by atoms with E-state index in [-0.39, 0.29) is 18.1 Å². The van der Waals surface area contributed by atoms with E-state index in [9.17, 15) is 14.0 Å². The first-order valence-corrected chi connectivity index (χ1v) is 8.64. The van der Waals surface area contributed by atoms with Gasteiger partial charge in [-0.05, 0) is 30.3 Å². The maximum absolute atomic E-state index is 13.0. The Morgan fingerprint density at radius 1 is 1.22 bits per heavy atom. The zero-order chi connectivity index (χ0) is 18.8. The smallest absolute Gasteiger partial charge is 0.340 e. The third-order valence-electron chi connectivity index (χ3n) is 3.54. The molecule has 0 aliphatic rings. The van der Waals surface area contributed by atoms with Crippen molar-refractivity contribution in [3.8, 4) is 0 Å². The van der Waals surface area contributed by atoms with E-state index >= 15 is 0 Å². The minimum absolute atomic E-state index is 0.133. The molecule has 4 aromatic rings. The van der Waals surface area contributed by atoms with Gasteiger partial charge in [0.05, 0.1) is 0 Å². The molecule has 2 N–H and O–H groups in total. The zero-order valence-electron chi connectivity index (χ0n) is 13.7. The molecule has 0 spiro atoms. The van der Waals surface area contributed by atoms with Gasteiger partial charge in [-0.25, -0.2) is 23.3 Å². The molecule has 9 nitrogen and oxygen atoms in total. The number of nitrogens with one attached hydrogen (secondary N) is 2. The summed E-state index contributed by atoms with van der Waals surface area (Å²) in [5.74, 6) is -0.196. The number of anilines is 3. The van der Waals surface area contributed by atoms with Crippen LogP contribution >= 0.6 is 11.3 Å². The van der Waals surface area contributed by atoms with Crippen LogP contribution in [0.15, 0.2) is 52.9 Å². The summed E-state index contributed by atoms with van der Waals surface area (Å²) in [6.45, 7) is -0.261. The Morgan fingerprint density at radius 2 is 2.04 bits per heavy atom. The van der Waals surface area contributed by atoms with Gasteiger partial charge in [-0.1, -0.05) is 0 Å². The second-order valence-corrected chi connectivity index (χ2v) is 6.33. The van der Waals surface area contributed by atoms with Gasteiger partial charge in [0.15, 0.2) is 5.13 Å². The first kappa shape index (κ1) is 16.8. The normalized spacial score (nSPS) is 10.9. The van der Waals surface area contributed by atoms with Crippen molar-refractivity contribution in [1.29, 1.82) is 0 Å². The highest BCUT2D eigenvalue weighted by Gasteiger charge is 2.13. The number of fused-ring (bicyclic) bond motifs is 1. The minimum atomic E-state index is -0.486. The summed E-state index contributed by atoms with van der Waals surface area (Å²) >= 11 is 1.27. The first-order chi connectivity index (χ1) is 13.1. The highest BCUT2D eigenvalue weighted by atomic mass is 32.1. The fourth-order valence-electron chi connectivity index (χ4n) is 2.34. The van der Waals surface area contributed by atoms with Crippen LogP contribution in [0.3, 0.4) is 0 Å². The number of hydrogen-bond acceptors (Lipinski definition) is 7. The van der Waals surface area contributed by atoms with E-state index in [1.54, 1.807) is 29.8 Å². The summed E-state index contributed by atoms with van der Waals surface area (Å²) in [5.41, 5.74) is 0.151. The maximum Gasteiger partial charge on any atom is 0.352 e. The Kier molecular flexibility index (Phi) is 4.34. The molecule has 0 saturated carbocycles. The van der Waals surface area contributed by atoms with Crippen LogP contribution in [0.25, 0.3) is 5.78 Å². The summed E-state index contributed by atoms with van der Waals surface area (Å²) in [6.07, 6.45) is 3.07. The van der Waals surface area contributed by atoms with E-state index in [1.807, 2.05) is 0 Å². The van der Waals surface area contributed by atoms with Crippen molar-refractivity contribution in [2.45, 2.75) is 6.54 Å². The Hall–Kier alpha value is -3.60. The van der Waals surface area contributed by atoms with Crippen LogP contribution in [-0.2, 0) is 11.3 Å². The van der Waals surface area contributed by atoms with Crippen LogP contribution in [0.1, 0.15) is 0 Å². The lowest BCUT2D eigenvalue weighted by Crippen LogP contribution is -2.28. The van der Waals surface area contributed by atoms with E-state index in [0.29, 0.717) is 16.6 Å². The number of hydrogen-bond donors (Lipinski definition) is 2. The number of benzene rings is 1. The highest BCUT2D eigenvalue weighted by Crippen LogP contribution is 2.15. The monoisotopic (exact) mass is 385 g/mol. The number of rotatable bonds is 5. The Bertz CT molecular complexity index is 1150. The topological polar surface area (TPSA) is 106 Å². The predicted octanol–water partition coefficient (Wildman–Crippen LogP) is 1.87. The third kappa shape index (κ3) is 3.67. The molecule has 0 fully saturated rings. The third-order valence-corrected chi connectivity index (χ3v) is 4.23. The molecule has 0 saturated heterocycles. The van der Waals surface area contributed by atoms with Crippen molar-refractivity contribution in [2.75, 3.05) is 10.6 Å². The molecule has 136 valence electrons. The Labute approximate surface area is 155 Å². The van der Waals surface area contributed by atoms with Gasteiger partial charge < -0.3 is 10.6 Å². The van der Waals surface area contributed by atoms with Crippen LogP contribution in [0.5, 0.6) is 0 Å². The molecular weight excluding hydrogens is 373 g/mol. The van der Waals surface area contributed by atoms with Crippen LogP contribution in [-0.4, -0.2) is 30.1 Å². The van der Waals surface area contributed by atoms with Gasteiger partial charge in [-0.15, -0.1) is 16.4 Å². The number of halogens is 1. The van der Waals surface area contributed by atoms with Gasteiger partial charge >= 0.3 is 5.69 Å². The van der Waals surface area contributed by atoms with Crippen LogP contribution in [0.2, 0.25) is 0 Å². The van der Waals surface area contributed by atoms with Gasteiger partial charge in [0, 0.05) is 23.5 Å². The van der Waals surface area contributed by atoms with Crippen molar-refractivity contribution < 1.29 is 9.18 Å². The van der Waals surface area contributed by atoms with Crippen molar-refractivity contribution >= 4 is 39.7 Å². The van der Waals surface area contributed by atoms with Crippen molar-refractivity contribution in [3.05, 3.63) is 64.4 Å². The maximum atomic E-state index is 13.0. The summed E-state index contributed by atoms with van der Waals surface area (Å²) in [4.78, 5) is 32.6. The molecular formula is C16H12FN7O2S. The van der Waals surface area contributed by atoms with Crippen molar-refractivity contribution in [1.82, 2.24) is 24.1 Å². The number of amides is 1. The van der Waals surface area contributed by atoms with E-state index < -0.39 is 11.6 Å². The molecule has 11 heteroatoms. The fraction of sp³-hybridized carbons (Fsp3) is 0.0625. The van der Waals surface area contributed by atoms with Crippen LogP contribution < -0.4 is 16.3 Å². The number of carbonyl (C=O) groups excluding carboxylic acids is 1. The molecule has 1 amide bonds. The molecule has 4 rings (SSSR count). The first-order valence-electron chi connectivity index (χ1n) is 7.77. The number of thiazole rings is 1. The molecule has 27 heavy (non-hydrogen) atoms. The molecule has 0 radical (unpaired) electrons. The quantitative estimate of drug-likeness (QED) is 0.543. The predicted molar refractivity (Wildman–Crippen MR) is 97.7 cm³/mol. The Morgan fingerprint density at radius 3 is 2.78 bits per heavy atom. The van der Waals surface area contributed by atoms with E-state index in [0.717, 1.165) is 4.68 Å². The average Bonchev–Trinajstić information content (AvgIpc) is 3.25. The van der Waals surface area contributed by atoms with Gasteiger partial charge in [0.25, 0.3) is 5.78 Å². The number of nitrogens with zero attached hydrogens (tertiary/aromatic N) is 5. The molecule has 3 aromatic heterocycles. The highest BCUT2D eigenvalue weighted by molar-refractivity contribution is 7.13. The molecule has 0 atom stereocenters. The van der Waals surface area contributed by atoms with Crippen molar-refractivity contribution in [3.63, 3.8) is 0 Å². The fourth-order valence-corrected chi connectivity index (χ4v) is 2.88. The van der Waals surface area contributed by atoms with Crippen molar-refractivity contribution in [2.24, 2.45) is 0 Å². The molecule has 1 aromatic carbocycles. The summed E-state index contributed by atoms with van der Waals surface area (Å²) in [5, 5.41) is 11.8. The van der Waals surface area contributed by atoms with E-state index in [1.165, 1.54) is 34.1 Å². The molecule has 0 aliphatic heterocycles. The molecule has 0 unspecified atom stereocenters. The summed E-state index contributed by atoms with van der Waals surface area (Å²) < 4.78 is 15.2. The van der Waals surface area contributed by atoms with Gasteiger partial charge in [0.1, 0.15) is 18.2 Å². The summed E-state index contributed by atoms with van der Waals surface area (Å²) in [7, 11) is 0. The summed E-state index contributed by atoms with van der Waals surface area (Å²) in [6, 6.07) is 7.35. The largest absolute Gasteiger partial charge is 0.352 e. The molecule has 3 heterocycles.